The van der Waals surface area contributed by atoms with Crippen molar-refractivity contribution in [1.82, 2.24) is 10.6 Å². The molecule has 0 spiro atoms. The molecule has 3 nitrogen and oxygen atoms in total. The van der Waals surface area contributed by atoms with E-state index in [2.05, 4.69) is 36.4 Å². The van der Waals surface area contributed by atoms with Crippen molar-refractivity contribution in [1.29, 1.82) is 0 Å². The van der Waals surface area contributed by atoms with Crippen molar-refractivity contribution in [2.45, 2.75) is 46.5 Å². The molecule has 0 aromatic rings. The van der Waals surface area contributed by atoms with Crippen LogP contribution in [0, 0.1) is 11.8 Å². The second-order valence-electron chi connectivity index (χ2n) is 4.77. The Kier molecular flexibility index (Phi) is 6.27. The highest BCUT2D eigenvalue weighted by Crippen LogP contribution is 2.29. The summed E-state index contributed by atoms with van der Waals surface area (Å²) in [5, 5.41) is 6.55. The lowest BCUT2D eigenvalue weighted by molar-refractivity contribution is 0.263. The summed E-state index contributed by atoms with van der Waals surface area (Å²) in [6.07, 6.45) is 5.55. The van der Waals surface area contributed by atoms with Gasteiger partial charge in [0.1, 0.15) is 0 Å². The predicted octanol–water partition coefficient (Wildman–Crippen LogP) is 2.39. The number of nitrogens with zero attached hydrogens (tertiary/aromatic N) is 1. The highest BCUT2D eigenvalue weighted by molar-refractivity contribution is 5.79. The Labute approximate surface area is 100 Å². The van der Waals surface area contributed by atoms with E-state index >= 15 is 0 Å². The van der Waals surface area contributed by atoms with Crippen LogP contribution in [0.1, 0.15) is 46.5 Å². The van der Waals surface area contributed by atoms with Gasteiger partial charge >= 0.3 is 0 Å². The number of aliphatic imine (C=N–C) groups is 1. The summed E-state index contributed by atoms with van der Waals surface area (Å²) in [5.74, 6) is 2.62. The lowest BCUT2D eigenvalue weighted by Gasteiger charge is -2.27. The van der Waals surface area contributed by atoms with E-state index in [9.17, 15) is 0 Å². The highest BCUT2D eigenvalue weighted by atomic mass is 15.2. The minimum atomic E-state index is 0.793. The standard InChI is InChI=1S/C13H27N3/c1-4-14-13(15-5-2)16-10-12-9-7-6-8-11(12)3/h11-12H,4-10H2,1-3H3,(H2,14,15,16). The molecule has 0 radical (unpaired) electrons. The molecule has 2 atom stereocenters. The summed E-state index contributed by atoms with van der Waals surface area (Å²) < 4.78 is 0. The molecule has 16 heavy (non-hydrogen) atoms. The van der Waals surface area contributed by atoms with Gasteiger partial charge in [0.25, 0.3) is 0 Å². The first kappa shape index (κ1) is 13.3. The normalized spacial score (nSPS) is 24.9. The summed E-state index contributed by atoms with van der Waals surface area (Å²) in [6.45, 7) is 9.44. The maximum Gasteiger partial charge on any atom is 0.191 e. The van der Waals surface area contributed by atoms with Crippen LogP contribution < -0.4 is 10.6 Å². The molecule has 1 saturated carbocycles. The minimum absolute atomic E-state index is 0.793. The van der Waals surface area contributed by atoms with Crippen molar-refractivity contribution in [2.75, 3.05) is 19.6 Å². The molecule has 1 aliphatic rings. The predicted molar refractivity (Wildman–Crippen MR) is 70.8 cm³/mol. The van der Waals surface area contributed by atoms with Gasteiger partial charge in [-0.15, -0.1) is 0 Å². The van der Waals surface area contributed by atoms with Crippen LogP contribution in [0.4, 0.5) is 0 Å². The van der Waals surface area contributed by atoms with Crippen molar-refractivity contribution in [3.8, 4) is 0 Å². The van der Waals surface area contributed by atoms with Crippen LogP contribution in [-0.2, 0) is 0 Å². The zero-order valence-electron chi connectivity index (χ0n) is 11.1. The van der Waals surface area contributed by atoms with Crippen LogP contribution in [0.3, 0.4) is 0 Å². The Morgan fingerprint density at radius 2 is 1.75 bits per heavy atom. The van der Waals surface area contributed by atoms with E-state index in [0.717, 1.165) is 37.4 Å². The summed E-state index contributed by atoms with van der Waals surface area (Å²) in [4.78, 5) is 4.67. The SMILES string of the molecule is CCNC(=NCC1CCCCC1C)NCC. The van der Waals surface area contributed by atoms with E-state index < -0.39 is 0 Å². The monoisotopic (exact) mass is 225 g/mol. The number of hydrogen-bond acceptors (Lipinski definition) is 1. The fourth-order valence-electron chi connectivity index (χ4n) is 2.38. The first-order chi connectivity index (χ1) is 7.77. The molecule has 0 aromatic heterocycles. The fourth-order valence-corrected chi connectivity index (χ4v) is 2.38. The van der Waals surface area contributed by atoms with Crippen LogP contribution in [-0.4, -0.2) is 25.6 Å². The molecule has 0 saturated heterocycles. The van der Waals surface area contributed by atoms with Gasteiger partial charge in [-0.05, 0) is 32.1 Å². The first-order valence-corrected chi connectivity index (χ1v) is 6.80. The van der Waals surface area contributed by atoms with E-state index in [1.165, 1.54) is 25.7 Å². The Balaban J connectivity index is 2.40. The van der Waals surface area contributed by atoms with Gasteiger partial charge in [-0.1, -0.05) is 26.2 Å². The Morgan fingerprint density at radius 1 is 1.12 bits per heavy atom. The van der Waals surface area contributed by atoms with Gasteiger partial charge in [-0.3, -0.25) is 4.99 Å². The van der Waals surface area contributed by atoms with E-state index in [1.807, 2.05) is 0 Å². The van der Waals surface area contributed by atoms with Gasteiger partial charge in [-0.25, -0.2) is 0 Å². The van der Waals surface area contributed by atoms with E-state index in [4.69, 9.17) is 0 Å². The summed E-state index contributed by atoms with van der Waals surface area (Å²) in [7, 11) is 0. The van der Waals surface area contributed by atoms with E-state index in [1.54, 1.807) is 0 Å². The van der Waals surface area contributed by atoms with Gasteiger partial charge in [0, 0.05) is 19.6 Å². The number of guanidine groups is 1. The average molecular weight is 225 g/mol. The molecule has 1 rings (SSSR count). The summed E-state index contributed by atoms with van der Waals surface area (Å²) in [5.41, 5.74) is 0. The van der Waals surface area contributed by atoms with Crippen LogP contribution in [0.5, 0.6) is 0 Å². The van der Waals surface area contributed by atoms with Gasteiger partial charge in [0.2, 0.25) is 0 Å². The topological polar surface area (TPSA) is 36.4 Å². The van der Waals surface area contributed by atoms with Gasteiger partial charge in [0.15, 0.2) is 5.96 Å². The maximum absolute atomic E-state index is 4.67. The average Bonchev–Trinajstić information content (AvgIpc) is 2.28. The second-order valence-corrected chi connectivity index (χ2v) is 4.77. The molecule has 1 fully saturated rings. The largest absolute Gasteiger partial charge is 0.357 e. The molecule has 0 bridgehead atoms. The van der Waals surface area contributed by atoms with Gasteiger partial charge in [-0.2, -0.15) is 0 Å². The molecule has 1 aliphatic carbocycles. The van der Waals surface area contributed by atoms with Crippen LogP contribution >= 0.6 is 0 Å². The molecular formula is C13H27N3. The number of rotatable bonds is 4. The third-order valence-corrected chi connectivity index (χ3v) is 3.46. The molecule has 0 aliphatic heterocycles. The van der Waals surface area contributed by atoms with Crippen molar-refractivity contribution >= 4 is 5.96 Å². The van der Waals surface area contributed by atoms with Crippen molar-refractivity contribution in [3.63, 3.8) is 0 Å². The van der Waals surface area contributed by atoms with Crippen molar-refractivity contribution in [3.05, 3.63) is 0 Å². The lowest BCUT2D eigenvalue weighted by atomic mass is 9.80. The van der Waals surface area contributed by atoms with Crippen LogP contribution in [0.15, 0.2) is 4.99 Å². The zero-order chi connectivity index (χ0) is 11.8. The fraction of sp³-hybridized carbons (Fsp3) is 0.923. The molecule has 2 N–H and O–H groups in total. The summed E-state index contributed by atoms with van der Waals surface area (Å²) >= 11 is 0. The molecule has 0 amide bonds. The van der Waals surface area contributed by atoms with Crippen LogP contribution in [0.2, 0.25) is 0 Å². The van der Waals surface area contributed by atoms with Crippen molar-refractivity contribution < 1.29 is 0 Å². The Hall–Kier alpha value is -0.730. The molecule has 2 unspecified atom stereocenters. The first-order valence-electron chi connectivity index (χ1n) is 6.80. The second kappa shape index (κ2) is 7.53. The van der Waals surface area contributed by atoms with Crippen LogP contribution in [0.25, 0.3) is 0 Å². The lowest BCUT2D eigenvalue weighted by Crippen LogP contribution is -2.37. The Morgan fingerprint density at radius 3 is 2.31 bits per heavy atom. The molecule has 94 valence electrons. The quantitative estimate of drug-likeness (QED) is 0.569. The van der Waals surface area contributed by atoms with E-state index in [-0.39, 0.29) is 0 Å². The minimum Gasteiger partial charge on any atom is -0.357 e. The molecular weight excluding hydrogens is 198 g/mol. The Bertz CT molecular complexity index is 205. The molecule has 3 heteroatoms. The molecule has 0 heterocycles. The number of hydrogen-bond donors (Lipinski definition) is 2. The third kappa shape index (κ3) is 4.42. The number of nitrogens with one attached hydrogen (secondary N) is 2. The summed E-state index contributed by atoms with van der Waals surface area (Å²) in [6, 6.07) is 0. The third-order valence-electron chi connectivity index (χ3n) is 3.46. The maximum atomic E-state index is 4.67. The highest BCUT2D eigenvalue weighted by Gasteiger charge is 2.20. The zero-order valence-corrected chi connectivity index (χ0v) is 11.1. The van der Waals surface area contributed by atoms with Gasteiger partial charge in [0.05, 0.1) is 0 Å². The molecule has 0 aromatic carbocycles. The van der Waals surface area contributed by atoms with Gasteiger partial charge < -0.3 is 10.6 Å². The smallest absolute Gasteiger partial charge is 0.191 e. The van der Waals surface area contributed by atoms with Crippen molar-refractivity contribution in [2.24, 2.45) is 16.8 Å². The van der Waals surface area contributed by atoms with E-state index in [0.29, 0.717) is 0 Å².